The first-order valence-electron chi connectivity index (χ1n) is 10.8. The first-order chi connectivity index (χ1) is 16.1. The van der Waals surface area contributed by atoms with Crippen LogP contribution in [0.4, 0.5) is 11.8 Å². The summed E-state index contributed by atoms with van der Waals surface area (Å²) in [4.78, 5) is 36.6. The molecule has 0 atom stereocenters. The van der Waals surface area contributed by atoms with Gasteiger partial charge in [-0.3, -0.25) is 9.78 Å². The lowest BCUT2D eigenvalue weighted by Crippen LogP contribution is -2.37. The van der Waals surface area contributed by atoms with Crippen molar-refractivity contribution in [3.05, 3.63) is 54.5 Å². The number of fused-ring (bicyclic) bond motifs is 1. The number of rotatable bonds is 5. The van der Waals surface area contributed by atoms with Gasteiger partial charge in [0, 0.05) is 49.2 Å². The number of pyridine rings is 1. The number of hydrogen-bond acceptors (Lipinski definition) is 9. The minimum Gasteiger partial charge on any atom is -0.378 e. The Bertz CT molecular complexity index is 1300. The van der Waals surface area contributed by atoms with E-state index in [9.17, 15) is 4.79 Å². The Morgan fingerprint density at radius 1 is 0.970 bits per heavy atom. The molecule has 4 aromatic rings. The molecule has 0 aliphatic carbocycles. The molecular formula is C24H23N7O2. The molecule has 2 N–H and O–H groups in total. The van der Waals surface area contributed by atoms with Crippen LogP contribution >= 0.6 is 0 Å². The Morgan fingerprint density at radius 2 is 1.67 bits per heavy atom. The Kier molecular flexibility index (Phi) is 5.62. The maximum atomic E-state index is 12.0. The molecule has 166 valence electrons. The van der Waals surface area contributed by atoms with Gasteiger partial charge in [0.05, 0.1) is 24.3 Å². The van der Waals surface area contributed by atoms with Crippen LogP contribution in [0.15, 0.2) is 48.9 Å². The van der Waals surface area contributed by atoms with Crippen LogP contribution in [0.25, 0.3) is 33.5 Å². The van der Waals surface area contributed by atoms with Crippen molar-refractivity contribution in [2.45, 2.75) is 13.3 Å². The van der Waals surface area contributed by atoms with Gasteiger partial charge in [-0.2, -0.15) is 0 Å². The minimum atomic E-state index is 0.122. The number of nitrogen functional groups attached to an aromatic ring is 1. The number of carbonyl (C=O) groups excluding carboxylic acids is 1. The predicted octanol–water partition coefficient (Wildman–Crippen LogP) is 3.16. The highest BCUT2D eigenvalue weighted by molar-refractivity contribution is 5.96. The number of hydrogen-bond donors (Lipinski definition) is 1. The van der Waals surface area contributed by atoms with E-state index in [0.717, 1.165) is 35.6 Å². The quantitative estimate of drug-likeness (QED) is 0.466. The molecule has 0 saturated carbocycles. The second kappa shape index (κ2) is 8.87. The summed E-state index contributed by atoms with van der Waals surface area (Å²) in [5.74, 6) is 1.58. The van der Waals surface area contributed by atoms with Crippen LogP contribution in [0.5, 0.6) is 0 Å². The minimum absolute atomic E-state index is 0.122. The number of anilines is 2. The van der Waals surface area contributed by atoms with Crippen LogP contribution in [-0.2, 0) is 4.74 Å². The summed E-state index contributed by atoms with van der Waals surface area (Å²) in [5.41, 5.74) is 10.3. The Labute approximate surface area is 190 Å². The molecule has 1 fully saturated rings. The lowest BCUT2D eigenvalue weighted by Gasteiger charge is -2.28. The number of ketones is 1. The van der Waals surface area contributed by atoms with E-state index < -0.39 is 0 Å². The zero-order valence-corrected chi connectivity index (χ0v) is 18.2. The van der Waals surface area contributed by atoms with E-state index in [-0.39, 0.29) is 11.7 Å². The van der Waals surface area contributed by atoms with Gasteiger partial charge in [-0.25, -0.2) is 19.9 Å². The van der Waals surface area contributed by atoms with Crippen LogP contribution in [0.2, 0.25) is 0 Å². The largest absolute Gasteiger partial charge is 0.378 e. The summed E-state index contributed by atoms with van der Waals surface area (Å²) in [6, 6.07) is 9.56. The number of morpholine rings is 1. The van der Waals surface area contributed by atoms with Gasteiger partial charge in [0.25, 0.3) is 0 Å². The van der Waals surface area contributed by atoms with Crippen LogP contribution in [0.1, 0.15) is 23.7 Å². The highest BCUT2D eigenvalue weighted by atomic mass is 16.5. The average Bonchev–Trinajstić information content (AvgIpc) is 2.88. The summed E-state index contributed by atoms with van der Waals surface area (Å²) in [6.45, 7) is 4.57. The van der Waals surface area contributed by atoms with E-state index in [2.05, 4.69) is 14.9 Å². The van der Waals surface area contributed by atoms with Crippen molar-refractivity contribution in [3.63, 3.8) is 0 Å². The van der Waals surface area contributed by atoms with Crippen molar-refractivity contribution in [3.8, 4) is 22.5 Å². The van der Waals surface area contributed by atoms with Crippen LogP contribution < -0.4 is 10.6 Å². The number of aromatic nitrogens is 5. The zero-order valence-electron chi connectivity index (χ0n) is 18.2. The first-order valence-corrected chi connectivity index (χ1v) is 10.8. The predicted molar refractivity (Wildman–Crippen MR) is 126 cm³/mol. The normalized spacial score (nSPS) is 13.9. The topological polar surface area (TPSA) is 120 Å². The second-order valence-corrected chi connectivity index (χ2v) is 7.75. The Hall–Kier alpha value is -3.98. The highest BCUT2D eigenvalue weighted by Crippen LogP contribution is 2.30. The van der Waals surface area contributed by atoms with Crippen LogP contribution in [0.3, 0.4) is 0 Å². The van der Waals surface area contributed by atoms with E-state index in [1.54, 1.807) is 12.4 Å². The molecule has 33 heavy (non-hydrogen) atoms. The molecule has 1 aromatic carbocycles. The van der Waals surface area contributed by atoms with Crippen molar-refractivity contribution < 1.29 is 9.53 Å². The molecule has 0 radical (unpaired) electrons. The fourth-order valence-electron chi connectivity index (χ4n) is 3.79. The standard InChI is InChI=1S/C24H23N7O2/c1-2-20(32)16-5-3-15(4-6-16)17-11-19-21(26-12-17)23(31-7-9-33-10-8-31)30-22(29-19)18-13-27-24(25)28-14-18/h3-6,11-14H,2,7-10H2,1H3,(H2,25,27,28). The van der Waals surface area contributed by atoms with Gasteiger partial charge >= 0.3 is 0 Å². The molecule has 4 heterocycles. The molecule has 1 aliphatic rings. The highest BCUT2D eigenvalue weighted by Gasteiger charge is 2.20. The lowest BCUT2D eigenvalue weighted by molar-refractivity contribution is 0.0988. The van der Waals surface area contributed by atoms with Gasteiger partial charge in [-0.15, -0.1) is 0 Å². The van der Waals surface area contributed by atoms with Crippen LogP contribution in [0, 0.1) is 0 Å². The van der Waals surface area contributed by atoms with Gasteiger partial charge in [0.2, 0.25) is 5.95 Å². The van der Waals surface area contributed by atoms with Gasteiger partial charge < -0.3 is 15.4 Å². The van der Waals surface area contributed by atoms with E-state index in [1.165, 1.54) is 0 Å². The zero-order chi connectivity index (χ0) is 22.8. The molecule has 0 amide bonds. The first kappa shape index (κ1) is 20.9. The van der Waals surface area contributed by atoms with Crippen molar-refractivity contribution in [1.82, 2.24) is 24.9 Å². The smallest absolute Gasteiger partial charge is 0.219 e. The summed E-state index contributed by atoms with van der Waals surface area (Å²) in [6.07, 6.45) is 5.54. The fraction of sp³-hybridized carbons (Fsp3) is 0.250. The number of nitrogens with two attached hydrogens (primary N) is 1. The molecule has 9 heteroatoms. The Balaban J connectivity index is 1.61. The van der Waals surface area contributed by atoms with Gasteiger partial charge in [0.15, 0.2) is 17.4 Å². The molecule has 1 aliphatic heterocycles. The van der Waals surface area contributed by atoms with Crippen molar-refractivity contribution in [2.24, 2.45) is 0 Å². The third-order valence-corrected chi connectivity index (χ3v) is 5.62. The SMILES string of the molecule is CCC(=O)c1ccc(-c2cnc3c(N4CCOCC4)nc(-c4cnc(N)nc4)nc3c2)cc1. The second-order valence-electron chi connectivity index (χ2n) is 7.75. The molecule has 0 bridgehead atoms. The number of Topliss-reactive ketones (excluding diaryl/α,β-unsaturated/α-hetero) is 1. The summed E-state index contributed by atoms with van der Waals surface area (Å²) in [7, 11) is 0. The maximum Gasteiger partial charge on any atom is 0.219 e. The number of carbonyl (C=O) groups is 1. The molecule has 1 saturated heterocycles. The average molecular weight is 441 g/mol. The summed E-state index contributed by atoms with van der Waals surface area (Å²) in [5, 5.41) is 0. The molecule has 0 spiro atoms. The van der Waals surface area contributed by atoms with E-state index in [0.29, 0.717) is 42.1 Å². The van der Waals surface area contributed by atoms with E-state index in [4.69, 9.17) is 25.4 Å². The third-order valence-electron chi connectivity index (χ3n) is 5.62. The molecular weight excluding hydrogens is 418 g/mol. The van der Waals surface area contributed by atoms with Gasteiger partial charge in [-0.05, 0) is 11.6 Å². The van der Waals surface area contributed by atoms with Crippen molar-refractivity contribution >= 4 is 28.6 Å². The molecule has 5 rings (SSSR count). The number of benzene rings is 1. The monoisotopic (exact) mass is 441 g/mol. The van der Waals surface area contributed by atoms with Crippen molar-refractivity contribution in [2.75, 3.05) is 36.9 Å². The fourth-order valence-corrected chi connectivity index (χ4v) is 3.79. The lowest BCUT2D eigenvalue weighted by atomic mass is 10.0. The summed E-state index contributed by atoms with van der Waals surface area (Å²) < 4.78 is 5.51. The number of nitrogens with zero attached hydrogens (tertiary/aromatic N) is 6. The van der Waals surface area contributed by atoms with E-state index in [1.807, 2.05) is 43.5 Å². The van der Waals surface area contributed by atoms with Gasteiger partial charge in [0.1, 0.15) is 5.52 Å². The number of ether oxygens (including phenoxy) is 1. The summed E-state index contributed by atoms with van der Waals surface area (Å²) >= 11 is 0. The Morgan fingerprint density at radius 3 is 2.36 bits per heavy atom. The van der Waals surface area contributed by atoms with Gasteiger partial charge in [-0.1, -0.05) is 31.2 Å². The molecule has 9 nitrogen and oxygen atoms in total. The third kappa shape index (κ3) is 4.22. The molecule has 3 aromatic heterocycles. The molecule has 0 unspecified atom stereocenters. The maximum absolute atomic E-state index is 12.0. The van der Waals surface area contributed by atoms with E-state index >= 15 is 0 Å². The van der Waals surface area contributed by atoms with Crippen molar-refractivity contribution in [1.29, 1.82) is 0 Å². The van der Waals surface area contributed by atoms with Crippen LogP contribution in [-0.4, -0.2) is 57.0 Å².